The van der Waals surface area contributed by atoms with Crippen molar-refractivity contribution in [2.45, 2.75) is 25.4 Å². The second-order valence-electron chi connectivity index (χ2n) is 5.25. The van der Waals surface area contributed by atoms with Crippen molar-refractivity contribution in [2.24, 2.45) is 5.92 Å². The molecule has 4 nitrogen and oxygen atoms in total. The van der Waals surface area contributed by atoms with E-state index in [-0.39, 0.29) is 25.3 Å². The van der Waals surface area contributed by atoms with Crippen molar-refractivity contribution in [2.75, 3.05) is 25.0 Å². The summed E-state index contributed by atoms with van der Waals surface area (Å²) in [6.45, 7) is 0.840. The number of halogens is 3. The maximum atomic E-state index is 12.7. The molecule has 1 aromatic heterocycles. The molecule has 0 saturated carbocycles. The summed E-state index contributed by atoms with van der Waals surface area (Å²) < 4.78 is 38.1. The van der Waals surface area contributed by atoms with Gasteiger partial charge in [-0.05, 0) is 30.8 Å². The van der Waals surface area contributed by atoms with E-state index < -0.39 is 12.1 Å². The highest BCUT2D eigenvalue weighted by Crippen LogP contribution is 2.33. The van der Waals surface area contributed by atoms with E-state index in [2.05, 4.69) is 5.32 Å². The average Bonchev–Trinajstić information content (AvgIpc) is 2.91. The van der Waals surface area contributed by atoms with Crippen molar-refractivity contribution in [3.8, 4) is 6.07 Å². The first-order chi connectivity index (χ1) is 10.4. The summed E-state index contributed by atoms with van der Waals surface area (Å²) in [7, 11) is 0. The molecule has 1 saturated heterocycles. The molecular weight excluding hydrogens is 315 g/mol. The SMILES string of the molecule is N#Cc1ccsc1NC(=O)CCN1CCC[C@@H](C(F)(F)F)C1. The maximum absolute atomic E-state index is 12.7. The molecule has 0 aromatic carbocycles. The van der Waals surface area contributed by atoms with Crippen molar-refractivity contribution in [3.63, 3.8) is 0 Å². The van der Waals surface area contributed by atoms with Gasteiger partial charge in [0.15, 0.2) is 0 Å². The Morgan fingerprint density at radius 1 is 1.55 bits per heavy atom. The maximum Gasteiger partial charge on any atom is 0.393 e. The first-order valence-electron chi connectivity index (χ1n) is 6.96. The smallest absolute Gasteiger partial charge is 0.317 e. The Morgan fingerprint density at radius 3 is 3.00 bits per heavy atom. The molecule has 2 rings (SSSR count). The number of thiophene rings is 1. The van der Waals surface area contributed by atoms with Gasteiger partial charge in [-0.1, -0.05) is 0 Å². The molecule has 1 fully saturated rings. The summed E-state index contributed by atoms with van der Waals surface area (Å²) in [6.07, 6.45) is -3.39. The largest absolute Gasteiger partial charge is 0.393 e. The molecule has 0 bridgehead atoms. The van der Waals surface area contributed by atoms with Gasteiger partial charge in [-0.3, -0.25) is 4.79 Å². The lowest BCUT2D eigenvalue weighted by atomic mass is 9.97. The van der Waals surface area contributed by atoms with Crippen molar-refractivity contribution >= 4 is 22.2 Å². The third-order valence-corrected chi connectivity index (χ3v) is 4.49. The number of hydrogen-bond acceptors (Lipinski definition) is 4. The van der Waals surface area contributed by atoms with Gasteiger partial charge in [0, 0.05) is 19.5 Å². The number of rotatable bonds is 4. The number of carbonyl (C=O) groups is 1. The van der Waals surface area contributed by atoms with Crippen molar-refractivity contribution in [1.29, 1.82) is 5.26 Å². The van der Waals surface area contributed by atoms with Crippen LogP contribution in [-0.2, 0) is 4.79 Å². The van der Waals surface area contributed by atoms with Crippen LogP contribution in [0.1, 0.15) is 24.8 Å². The molecule has 2 heterocycles. The molecule has 8 heteroatoms. The lowest BCUT2D eigenvalue weighted by molar-refractivity contribution is -0.186. The number of piperidine rings is 1. The lowest BCUT2D eigenvalue weighted by Crippen LogP contribution is -2.42. The molecule has 1 aliphatic rings. The van der Waals surface area contributed by atoms with Crippen LogP contribution < -0.4 is 5.32 Å². The minimum atomic E-state index is -4.17. The number of nitriles is 1. The van der Waals surface area contributed by atoms with E-state index in [4.69, 9.17) is 5.26 Å². The number of anilines is 1. The summed E-state index contributed by atoms with van der Waals surface area (Å²) in [5.41, 5.74) is 0.397. The van der Waals surface area contributed by atoms with Gasteiger partial charge >= 0.3 is 6.18 Å². The van der Waals surface area contributed by atoms with E-state index in [9.17, 15) is 18.0 Å². The number of carbonyl (C=O) groups excluding carboxylic acids is 1. The molecule has 1 N–H and O–H groups in total. The fourth-order valence-corrected chi connectivity index (χ4v) is 3.22. The quantitative estimate of drug-likeness (QED) is 0.921. The highest BCUT2D eigenvalue weighted by atomic mass is 32.1. The van der Waals surface area contributed by atoms with E-state index in [1.165, 1.54) is 11.3 Å². The number of hydrogen-bond donors (Lipinski definition) is 1. The molecule has 0 aliphatic carbocycles. The van der Waals surface area contributed by atoms with Crippen LogP contribution in [-0.4, -0.2) is 36.6 Å². The Hall–Kier alpha value is -1.59. The zero-order chi connectivity index (χ0) is 16.2. The molecule has 1 aliphatic heterocycles. The van der Waals surface area contributed by atoms with Crippen LogP contribution in [0.2, 0.25) is 0 Å². The minimum Gasteiger partial charge on any atom is -0.317 e. The Bertz CT molecular complexity index is 564. The van der Waals surface area contributed by atoms with Gasteiger partial charge in [-0.25, -0.2) is 0 Å². The van der Waals surface area contributed by atoms with Crippen LogP contribution in [0.4, 0.5) is 18.2 Å². The van der Waals surface area contributed by atoms with Gasteiger partial charge in [-0.15, -0.1) is 11.3 Å². The first-order valence-corrected chi connectivity index (χ1v) is 7.84. The topological polar surface area (TPSA) is 56.1 Å². The number of alkyl halides is 3. The predicted molar refractivity (Wildman–Crippen MR) is 77.5 cm³/mol. The Morgan fingerprint density at radius 2 is 2.32 bits per heavy atom. The van der Waals surface area contributed by atoms with E-state index in [1.807, 2.05) is 6.07 Å². The minimum absolute atomic E-state index is 0.0424. The van der Waals surface area contributed by atoms with E-state index in [0.29, 0.717) is 30.1 Å². The van der Waals surface area contributed by atoms with Gasteiger partial charge in [0.1, 0.15) is 11.1 Å². The van der Waals surface area contributed by atoms with Gasteiger partial charge in [0.05, 0.1) is 11.5 Å². The molecule has 0 unspecified atom stereocenters. The van der Waals surface area contributed by atoms with Crippen LogP contribution in [0.5, 0.6) is 0 Å². The molecule has 1 atom stereocenters. The molecule has 120 valence electrons. The number of nitrogens with zero attached hydrogens (tertiary/aromatic N) is 2. The van der Waals surface area contributed by atoms with E-state index in [1.54, 1.807) is 16.3 Å². The van der Waals surface area contributed by atoms with Crippen LogP contribution in [0, 0.1) is 17.2 Å². The second-order valence-corrected chi connectivity index (χ2v) is 6.17. The van der Waals surface area contributed by atoms with E-state index >= 15 is 0 Å². The second kappa shape index (κ2) is 7.11. The Balaban J connectivity index is 1.80. The van der Waals surface area contributed by atoms with Crippen LogP contribution in [0.15, 0.2) is 11.4 Å². The fourth-order valence-electron chi connectivity index (χ4n) is 2.47. The average molecular weight is 331 g/mol. The van der Waals surface area contributed by atoms with Crippen molar-refractivity contribution < 1.29 is 18.0 Å². The molecule has 1 aromatic rings. The van der Waals surface area contributed by atoms with E-state index in [0.717, 1.165) is 0 Å². The third-order valence-electron chi connectivity index (χ3n) is 3.66. The predicted octanol–water partition coefficient (Wildman–Crippen LogP) is 3.22. The molecule has 22 heavy (non-hydrogen) atoms. The summed E-state index contributed by atoms with van der Waals surface area (Å²) in [6, 6.07) is 3.58. The lowest BCUT2D eigenvalue weighted by Gasteiger charge is -2.33. The number of amides is 1. The molecular formula is C14H16F3N3OS. The first kappa shape index (κ1) is 16.8. The van der Waals surface area contributed by atoms with Gasteiger partial charge in [-0.2, -0.15) is 18.4 Å². The monoisotopic (exact) mass is 331 g/mol. The normalized spacial score (nSPS) is 19.6. The highest BCUT2D eigenvalue weighted by molar-refractivity contribution is 7.14. The number of likely N-dealkylation sites (tertiary alicyclic amines) is 1. The molecule has 1 amide bonds. The summed E-state index contributed by atoms with van der Waals surface area (Å²) >= 11 is 1.25. The number of nitrogens with one attached hydrogen (secondary N) is 1. The van der Waals surface area contributed by atoms with Gasteiger partial charge in [0.2, 0.25) is 5.91 Å². The van der Waals surface area contributed by atoms with Gasteiger partial charge in [0.25, 0.3) is 0 Å². The van der Waals surface area contributed by atoms with Gasteiger partial charge < -0.3 is 10.2 Å². The van der Waals surface area contributed by atoms with Crippen LogP contribution in [0.3, 0.4) is 0 Å². The summed E-state index contributed by atoms with van der Waals surface area (Å²) in [5.74, 6) is -1.58. The van der Waals surface area contributed by atoms with Crippen molar-refractivity contribution in [1.82, 2.24) is 4.90 Å². The Labute approximate surface area is 130 Å². The fraction of sp³-hybridized carbons (Fsp3) is 0.571. The standard InChI is InChI=1S/C14H16F3N3OS/c15-14(16,17)11-2-1-5-20(9-11)6-3-12(21)19-13-10(8-18)4-7-22-13/h4,7,11H,1-3,5-6,9H2,(H,19,21)/t11-/m1/s1. The highest BCUT2D eigenvalue weighted by Gasteiger charge is 2.41. The van der Waals surface area contributed by atoms with Crippen LogP contribution in [0.25, 0.3) is 0 Å². The summed E-state index contributed by atoms with van der Waals surface area (Å²) in [4.78, 5) is 13.5. The molecule has 0 spiro atoms. The zero-order valence-electron chi connectivity index (χ0n) is 11.8. The molecule has 0 radical (unpaired) electrons. The summed E-state index contributed by atoms with van der Waals surface area (Å²) in [5, 5.41) is 13.7. The van der Waals surface area contributed by atoms with Crippen molar-refractivity contribution in [3.05, 3.63) is 17.0 Å². The zero-order valence-corrected chi connectivity index (χ0v) is 12.6. The van der Waals surface area contributed by atoms with Crippen LogP contribution >= 0.6 is 11.3 Å². The Kier molecular flexibility index (Phi) is 5.42. The third kappa shape index (κ3) is 4.45.